The second kappa shape index (κ2) is 15.4. The van der Waals surface area contributed by atoms with Gasteiger partial charge in [-0.2, -0.15) is 0 Å². The lowest BCUT2D eigenvalue weighted by Gasteiger charge is -2.27. The summed E-state index contributed by atoms with van der Waals surface area (Å²) in [7, 11) is 0. The summed E-state index contributed by atoms with van der Waals surface area (Å²) in [5.41, 5.74) is 3.03. The SMILES string of the molecule is CCCOc1ccc(N2C(=O)NC(=O)/C(=C\c3cc(Br)c(OCC(=O)Nc4cccc(C)c4C)c(OCC)c3)C2=O)cc1OCC. The number of carbonyl (C=O) groups excluding carboxylic acids is 4. The van der Waals surface area contributed by atoms with E-state index in [0.717, 1.165) is 22.4 Å². The van der Waals surface area contributed by atoms with E-state index >= 15 is 0 Å². The van der Waals surface area contributed by atoms with Crippen LogP contribution in [0, 0.1) is 13.8 Å². The molecule has 0 aromatic heterocycles. The van der Waals surface area contributed by atoms with Gasteiger partial charge in [-0.3, -0.25) is 19.7 Å². The molecule has 242 valence electrons. The number of nitrogens with zero attached hydrogens (tertiary/aromatic N) is 1. The van der Waals surface area contributed by atoms with Crippen LogP contribution in [0.2, 0.25) is 0 Å². The molecule has 0 radical (unpaired) electrons. The lowest BCUT2D eigenvalue weighted by molar-refractivity contribution is -0.122. The van der Waals surface area contributed by atoms with Gasteiger partial charge in [0.1, 0.15) is 5.57 Å². The van der Waals surface area contributed by atoms with Crippen molar-refractivity contribution in [3.05, 3.63) is 75.3 Å². The van der Waals surface area contributed by atoms with Crippen LogP contribution in [-0.4, -0.2) is 50.2 Å². The highest BCUT2D eigenvalue weighted by atomic mass is 79.9. The first kappa shape index (κ1) is 34.0. The summed E-state index contributed by atoms with van der Waals surface area (Å²) in [6.07, 6.45) is 2.14. The number of anilines is 2. The topological polar surface area (TPSA) is 132 Å². The number of barbiturate groups is 1. The zero-order valence-electron chi connectivity index (χ0n) is 26.3. The highest BCUT2D eigenvalue weighted by Crippen LogP contribution is 2.38. The molecule has 0 spiro atoms. The summed E-state index contributed by atoms with van der Waals surface area (Å²) in [6, 6.07) is 12.6. The average molecular weight is 695 g/mol. The van der Waals surface area contributed by atoms with Crippen molar-refractivity contribution in [2.24, 2.45) is 0 Å². The van der Waals surface area contributed by atoms with E-state index in [1.807, 2.05) is 39.0 Å². The molecule has 46 heavy (non-hydrogen) atoms. The summed E-state index contributed by atoms with van der Waals surface area (Å²) < 4.78 is 23.4. The van der Waals surface area contributed by atoms with Gasteiger partial charge in [-0.25, -0.2) is 9.69 Å². The van der Waals surface area contributed by atoms with E-state index in [4.69, 9.17) is 18.9 Å². The molecule has 11 nitrogen and oxygen atoms in total. The summed E-state index contributed by atoms with van der Waals surface area (Å²) in [6.45, 7) is 10.2. The molecule has 5 amide bonds. The van der Waals surface area contributed by atoms with Crippen molar-refractivity contribution in [1.29, 1.82) is 0 Å². The van der Waals surface area contributed by atoms with Crippen LogP contribution in [0.3, 0.4) is 0 Å². The average Bonchev–Trinajstić information content (AvgIpc) is 3.01. The van der Waals surface area contributed by atoms with Crippen LogP contribution < -0.4 is 34.5 Å². The standard InChI is InChI=1S/C34H36BrN3O8/c1-6-14-45-27-13-12-23(18-28(27)43-7-2)38-33(41)24(32(40)37-34(38)42)15-22-16-25(35)31(29(17-22)44-8-3)46-19-30(39)36-26-11-9-10-20(4)21(26)5/h9-13,15-18H,6-8,14,19H2,1-5H3,(H,36,39)(H,37,40,42)/b24-15+. The van der Waals surface area contributed by atoms with Crippen LogP contribution in [-0.2, 0) is 14.4 Å². The minimum atomic E-state index is -0.893. The predicted molar refractivity (Wildman–Crippen MR) is 178 cm³/mol. The van der Waals surface area contributed by atoms with Gasteiger partial charge in [0.15, 0.2) is 29.6 Å². The van der Waals surface area contributed by atoms with E-state index in [-0.39, 0.29) is 41.9 Å². The Morgan fingerprint density at radius 3 is 2.37 bits per heavy atom. The number of imide groups is 2. The molecule has 0 aliphatic carbocycles. The molecule has 3 aromatic carbocycles. The van der Waals surface area contributed by atoms with Crippen LogP contribution >= 0.6 is 15.9 Å². The van der Waals surface area contributed by atoms with Gasteiger partial charge in [0.05, 0.1) is 30.0 Å². The summed E-state index contributed by atoms with van der Waals surface area (Å²) >= 11 is 3.46. The molecule has 0 unspecified atom stereocenters. The van der Waals surface area contributed by atoms with Gasteiger partial charge in [-0.1, -0.05) is 19.1 Å². The number of ether oxygens (including phenoxy) is 4. The van der Waals surface area contributed by atoms with Crippen molar-refractivity contribution in [2.75, 3.05) is 36.6 Å². The fourth-order valence-electron chi connectivity index (χ4n) is 4.58. The molecular formula is C34H36BrN3O8. The molecule has 0 bridgehead atoms. The second-order valence-electron chi connectivity index (χ2n) is 10.2. The second-order valence-corrected chi connectivity index (χ2v) is 11.1. The van der Waals surface area contributed by atoms with E-state index in [1.165, 1.54) is 12.1 Å². The maximum Gasteiger partial charge on any atom is 0.335 e. The van der Waals surface area contributed by atoms with Crippen molar-refractivity contribution in [3.63, 3.8) is 0 Å². The van der Waals surface area contributed by atoms with Crippen molar-refractivity contribution in [3.8, 4) is 23.0 Å². The minimum Gasteiger partial charge on any atom is -0.490 e. The monoisotopic (exact) mass is 693 g/mol. The number of hydrogen-bond acceptors (Lipinski definition) is 8. The Morgan fingerprint density at radius 2 is 1.65 bits per heavy atom. The van der Waals surface area contributed by atoms with Gasteiger partial charge in [0, 0.05) is 11.8 Å². The number of aryl methyl sites for hydroxylation is 1. The number of nitrogens with one attached hydrogen (secondary N) is 2. The molecule has 1 saturated heterocycles. The van der Waals surface area contributed by atoms with Gasteiger partial charge in [-0.15, -0.1) is 0 Å². The molecule has 0 saturated carbocycles. The maximum absolute atomic E-state index is 13.6. The Labute approximate surface area is 276 Å². The fourth-order valence-corrected chi connectivity index (χ4v) is 5.15. The largest absolute Gasteiger partial charge is 0.490 e. The zero-order valence-corrected chi connectivity index (χ0v) is 27.9. The van der Waals surface area contributed by atoms with Crippen LogP contribution in [0.25, 0.3) is 6.08 Å². The highest BCUT2D eigenvalue weighted by molar-refractivity contribution is 9.10. The lowest BCUT2D eigenvalue weighted by Crippen LogP contribution is -2.54. The maximum atomic E-state index is 13.6. The molecular weight excluding hydrogens is 658 g/mol. The third-order valence-corrected chi connectivity index (χ3v) is 7.51. The summed E-state index contributed by atoms with van der Waals surface area (Å²) in [5.74, 6) is -0.648. The predicted octanol–water partition coefficient (Wildman–Crippen LogP) is 6.34. The Morgan fingerprint density at radius 1 is 0.913 bits per heavy atom. The number of amides is 5. The summed E-state index contributed by atoms with van der Waals surface area (Å²) in [5, 5.41) is 5.08. The Kier molecular flexibility index (Phi) is 11.4. The third kappa shape index (κ3) is 7.86. The molecule has 3 aromatic rings. The molecule has 1 heterocycles. The van der Waals surface area contributed by atoms with Crippen molar-refractivity contribution < 1.29 is 38.1 Å². The van der Waals surface area contributed by atoms with Gasteiger partial charge >= 0.3 is 6.03 Å². The molecule has 12 heteroatoms. The Hall–Kier alpha value is -4.84. The lowest BCUT2D eigenvalue weighted by atomic mass is 10.1. The molecule has 1 aliphatic rings. The van der Waals surface area contributed by atoms with Crippen molar-refractivity contribution in [1.82, 2.24) is 5.32 Å². The highest BCUT2D eigenvalue weighted by Gasteiger charge is 2.37. The molecule has 1 aliphatic heterocycles. The smallest absolute Gasteiger partial charge is 0.335 e. The first-order valence-electron chi connectivity index (χ1n) is 14.8. The van der Waals surface area contributed by atoms with Gasteiger partial charge in [-0.05, 0) is 103 Å². The van der Waals surface area contributed by atoms with Crippen LogP contribution in [0.5, 0.6) is 23.0 Å². The Bertz CT molecular complexity index is 1690. The zero-order chi connectivity index (χ0) is 33.4. The van der Waals surface area contributed by atoms with Gasteiger partial charge in [0.2, 0.25) is 0 Å². The Balaban J connectivity index is 1.59. The van der Waals surface area contributed by atoms with E-state index < -0.39 is 17.8 Å². The molecule has 4 rings (SSSR count). The van der Waals surface area contributed by atoms with Crippen LogP contribution in [0.4, 0.5) is 16.2 Å². The number of benzene rings is 3. The summed E-state index contributed by atoms with van der Waals surface area (Å²) in [4.78, 5) is 52.9. The number of halogens is 1. The molecule has 2 N–H and O–H groups in total. The number of carbonyl (C=O) groups is 4. The van der Waals surface area contributed by atoms with E-state index in [2.05, 4.69) is 26.6 Å². The normalized spacial score (nSPS) is 13.8. The quantitative estimate of drug-likeness (QED) is 0.157. The van der Waals surface area contributed by atoms with Crippen molar-refractivity contribution in [2.45, 2.75) is 41.0 Å². The van der Waals surface area contributed by atoms with E-state index in [0.29, 0.717) is 40.4 Å². The number of urea groups is 1. The van der Waals surface area contributed by atoms with Crippen LogP contribution in [0.1, 0.15) is 43.9 Å². The minimum absolute atomic E-state index is 0.201. The molecule has 0 atom stereocenters. The first-order valence-corrected chi connectivity index (χ1v) is 15.6. The van der Waals surface area contributed by atoms with Crippen molar-refractivity contribution >= 4 is 57.1 Å². The van der Waals surface area contributed by atoms with Gasteiger partial charge < -0.3 is 24.3 Å². The number of hydrogen-bond donors (Lipinski definition) is 2. The van der Waals surface area contributed by atoms with E-state index in [9.17, 15) is 19.2 Å². The first-order chi connectivity index (χ1) is 22.1. The van der Waals surface area contributed by atoms with E-state index in [1.54, 1.807) is 38.1 Å². The third-order valence-electron chi connectivity index (χ3n) is 6.92. The number of rotatable bonds is 13. The van der Waals surface area contributed by atoms with Crippen LogP contribution in [0.15, 0.2) is 58.6 Å². The fraction of sp³-hybridized carbons (Fsp3) is 0.294. The molecule has 1 fully saturated rings. The van der Waals surface area contributed by atoms with Gasteiger partial charge in [0.25, 0.3) is 17.7 Å².